The van der Waals surface area contributed by atoms with Gasteiger partial charge in [0.05, 0.1) is 11.6 Å². The van der Waals surface area contributed by atoms with Gasteiger partial charge in [0.25, 0.3) is 5.91 Å². The summed E-state index contributed by atoms with van der Waals surface area (Å²) in [5.74, 6) is -0.781. The molecule has 1 heterocycles. The first kappa shape index (κ1) is 17.0. The number of carbonyl (C=O) groups excluding carboxylic acids is 2. The van der Waals surface area contributed by atoms with Crippen LogP contribution in [0, 0.1) is 5.82 Å². The fourth-order valence-electron chi connectivity index (χ4n) is 2.66. The van der Waals surface area contributed by atoms with Crippen molar-refractivity contribution in [3.63, 3.8) is 0 Å². The van der Waals surface area contributed by atoms with E-state index in [-0.39, 0.29) is 5.91 Å². The first-order valence-corrected chi connectivity index (χ1v) is 7.92. The van der Waals surface area contributed by atoms with E-state index < -0.39 is 17.9 Å². The third kappa shape index (κ3) is 3.80. The molecule has 3 rings (SSSR count). The summed E-state index contributed by atoms with van der Waals surface area (Å²) < 4.78 is 13.2. The first-order chi connectivity index (χ1) is 11.9. The Labute approximate surface area is 148 Å². The van der Waals surface area contributed by atoms with E-state index in [0.29, 0.717) is 27.5 Å². The predicted molar refractivity (Wildman–Crippen MR) is 93.6 cm³/mol. The quantitative estimate of drug-likeness (QED) is 0.781. The molecule has 1 aliphatic rings. The van der Waals surface area contributed by atoms with Crippen molar-refractivity contribution in [1.29, 1.82) is 0 Å². The molecular weight excluding hydrogens is 345 g/mol. The zero-order valence-electron chi connectivity index (χ0n) is 13.3. The number of benzene rings is 2. The van der Waals surface area contributed by atoms with E-state index in [0.717, 1.165) is 0 Å². The molecule has 7 heteroatoms. The highest BCUT2D eigenvalue weighted by Gasteiger charge is 2.31. The lowest BCUT2D eigenvalue weighted by atomic mass is 9.95. The molecule has 0 saturated heterocycles. The molecule has 0 radical (unpaired) electrons. The SMILES string of the molecule is CC1=C(C(=O)Nc2cccc(Cl)c2)C(c2ccc(F)cc2)NC(=O)N1. The Bertz CT molecular complexity index is 865. The van der Waals surface area contributed by atoms with E-state index in [9.17, 15) is 14.0 Å². The summed E-state index contributed by atoms with van der Waals surface area (Å²) in [5, 5.41) is 8.54. The highest BCUT2D eigenvalue weighted by atomic mass is 35.5. The summed E-state index contributed by atoms with van der Waals surface area (Å²) >= 11 is 5.93. The molecule has 0 fully saturated rings. The highest BCUT2D eigenvalue weighted by molar-refractivity contribution is 6.31. The number of rotatable bonds is 3. The van der Waals surface area contributed by atoms with Gasteiger partial charge in [0, 0.05) is 16.4 Å². The molecule has 0 aliphatic carbocycles. The van der Waals surface area contributed by atoms with Crippen LogP contribution in [0.2, 0.25) is 5.02 Å². The van der Waals surface area contributed by atoms with Crippen LogP contribution in [0.4, 0.5) is 14.9 Å². The minimum absolute atomic E-state index is 0.339. The second kappa shape index (κ2) is 6.94. The van der Waals surface area contributed by atoms with Crippen molar-refractivity contribution < 1.29 is 14.0 Å². The molecule has 0 bridgehead atoms. The van der Waals surface area contributed by atoms with Crippen LogP contribution in [0.15, 0.2) is 59.8 Å². The molecule has 5 nitrogen and oxygen atoms in total. The number of nitrogens with one attached hydrogen (secondary N) is 3. The molecule has 2 aromatic carbocycles. The Morgan fingerprint density at radius 3 is 2.60 bits per heavy atom. The third-order valence-corrected chi connectivity index (χ3v) is 4.03. The van der Waals surface area contributed by atoms with Gasteiger partial charge in [-0.05, 0) is 42.8 Å². The predicted octanol–water partition coefficient (Wildman–Crippen LogP) is 3.75. The number of anilines is 1. The second-order valence-electron chi connectivity index (χ2n) is 5.59. The molecular formula is C18H15ClFN3O2. The normalized spacial score (nSPS) is 16.9. The van der Waals surface area contributed by atoms with E-state index in [2.05, 4.69) is 16.0 Å². The molecule has 3 N–H and O–H groups in total. The van der Waals surface area contributed by atoms with Gasteiger partial charge in [-0.15, -0.1) is 0 Å². The zero-order valence-corrected chi connectivity index (χ0v) is 14.0. The summed E-state index contributed by atoms with van der Waals surface area (Å²) in [6, 6.07) is 11.3. The van der Waals surface area contributed by atoms with Gasteiger partial charge >= 0.3 is 6.03 Å². The van der Waals surface area contributed by atoms with Crippen molar-refractivity contribution in [2.45, 2.75) is 13.0 Å². The standard InChI is InChI=1S/C18H15ClFN3O2/c1-10-15(17(24)22-14-4-2-3-12(19)9-14)16(23-18(25)21-10)11-5-7-13(20)8-6-11/h2-9,16H,1H3,(H,22,24)(H2,21,23,25). The van der Waals surface area contributed by atoms with E-state index in [1.165, 1.54) is 24.3 Å². The lowest BCUT2D eigenvalue weighted by Crippen LogP contribution is -2.45. The summed E-state index contributed by atoms with van der Waals surface area (Å²) in [6.45, 7) is 1.64. The van der Waals surface area contributed by atoms with E-state index in [1.807, 2.05) is 0 Å². The fourth-order valence-corrected chi connectivity index (χ4v) is 2.86. The van der Waals surface area contributed by atoms with Crippen LogP contribution < -0.4 is 16.0 Å². The number of halogens is 2. The van der Waals surface area contributed by atoms with Crippen molar-refractivity contribution >= 4 is 29.2 Å². The van der Waals surface area contributed by atoms with Crippen LogP contribution in [-0.2, 0) is 4.79 Å². The van der Waals surface area contributed by atoms with Crippen LogP contribution in [0.1, 0.15) is 18.5 Å². The van der Waals surface area contributed by atoms with Crippen LogP contribution >= 0.6 is 11.6 Å². The smallest absolute Gasteiger partial charge is 0.319 e. The Kier molecular flexibility index (Phi) is 4.72. The number of hydrogen-bond acceptors (Lipinski definition) is 2. The summed E-state index contributed by atoms with van der Waals surface area (Å²) in [5.41, 5.74) is 1.91. The van der Waals surface area contributed by atoms with Crippen molar-refractivity contribution in [2.24, 2.45) is 0 Å². The van der Waals surface area contributed by atoms with E-state index >= 15 is 0 Å². The molecule has 128 valence electrons. The average molecular weight is 360 g/mol. The van der Waals surface area contributed by atoms with Gasteiger partial charge in [-0.1, -0.05) is 29.8 Å². The average Bonchev–Trinajstić information content (AvgIpc) is 2.54. The first-order valence-electron chi connectivity index (χ1n) is 7.54. The van der Waals surface area contributed by atoms with E-state index in [1.54, 1.807) is 31.2 Å². The van der Waals surface area contributed by atoms with Gasteiger partial charge in [0.1, 0.15) is 5.82 Å². The van der Waals surface area contributed by atoms with Crippen LogP contribution in [0.5, 0.6) is 0 Å². The summed E-state index contributed by atoms with van der Waals surface area (Å²) in [4.78, 5) is 24.6. The molecule has 3 amide bonds. The molecule has 2 aromatic rings. The van der Waals surface area contributed by atoms with Gasteiger partial charge in [-0.2, -0.15) is 0 Å². The number of urea groups is 1. The second-order valence-corrected chi connectivity index (χ2v) is 6.02. The van der Waals surface area contributed by atoms with Crippen LogP contribution in [0.3, 0.4) is 0 Å². The Morgan fingerprint density at radius 2 is 1.92 bits per heavy atom. The van der Waals surface area contributed by atoms with Crippen molar-refractivity contribution in [1.82, 2.24) is 10.6 Å². The maximum Gasteiger partial charge on any atom is 0.319 e. The minimum Gasteiger partial charge on any atom is -0.327 e. The minimum atomic E-state index is -0.687. The van der Waals surface area contributed by atoms with E-state index in [4.69, 9.17) is 11.6 Å². The monoisotopic (exact) mass is 359 g/mol. The summed E-state index contributed by atoms with van der Waals surface area (Å²) in [6.07, 6.45) is 0. The summed E-state index contributed by atoms with van der Waals surface area (Å²) in [7, 11) is 0. The molecule has 25 heavy (non-hydrogen) atoms. The van der Waals surface area contributed by atoms with Crippen LogP contribution in [0.25, 0.3) is 0 Å². The maximum absolute atomic E-state index is 13.2. The highest BCUT2D eigenvalue weighted by Crippen LogP contribution is 2.28. The van der Waals surface area contributed by atoms with Crippen molar-refractivity contribution in [3.05, 3.63) is 76.2 Å². The van der Waals surface area contributed by atoms with Gasteiger partial charge in [-0.25, -0.2) is 9.18 Å². The number of allylic oxidation sites excluding steroid dienone is 1. The fraction of sp³-hybridized carbons (Fsp3) is 0.111. The largest absolute Gasteiger partial charge is 0.327 e. The third-order valence-electron chi connectivity index (χ3n) is 3.80. The van der Waals surface area contributed by atoms with Gasteiger partial charge in [0.15, 0.2) is 0 Å². The Balaban J connectivity index is 1.94. The van der Waals surface area contributed by atoms with Gasteiger partial charge in [-0.3, -0.25) is 4.79 Å². The molecule has 1 unspecified atom stereocenters. The maximum atomic E-state index is 13.2. The van der Waals surface area contributed by atoms with Gasteiger partial charge < -0.3 is 16.0 Å². The van der Waals surface area contributed by atoms with Gasteiger partial charge in [0.2, 0.25) is 0 Å². The molecule has 0 saturated carbocycles. The van der Waals surface area contributed by atoms with Crippen molar-refractivity contribution in [3.8, 4) is 0 Å². The lowest BCUT2D eigenvalue weighted by molar-refractivity contribution is -0.113. The lowest BCUT2D eigenvalue weighted by Gasteiger charge is -2.28. The zero-order chi connectivity index (χ0) is 18.0. The van der Waals surface area contributed by atoms with Crippen molar-refractivity contribution in [2.75, 3.05) is 5.32 Å². The number of hydrogen-bond donors (Lipinski definition) is 3. The molecule has 1 atom stereocenters. The molecule has 1 aliphatic heterocycles. The van der Waals surface area contributed by atoms with Crippen LogP contribution in [-0.4, -0.2) is 11.9 Å². The molecule has 0 spiro atoms. The topological polar surface area (TPSA) is 70.2 Å². The number of carbonyl (C=O) groups is 2. The molecule has 0 aromatic heterocycles. The Morgan fingerprint density at radius 1 is 1.20 bits per heavy atom. The Hall–Kier alpha value is -2.86. The number of amides is 3.